The van der Waals surface area contributed by atoms with Gasteiger partial charge in [-0.2, -0.15) is 0 Å². The van der Waals surface area contributed by atoms with Gasteiger partial charge in [0.1, 0.15) is 6.61 Å². The highest BCUT2D eigenvalue weighted by molar-refractivity contribution is 5.89. The zero-order valence-electron chi connectivity index (χ0n) is 12.8. The van der Waals surface area contributed by atoms with E-state index in [0.717, 1.165) is 0 Å². The first-order valence-corrected chi connectivity index (χ1v) is 6.52. The topological polar surface area (TPSA) is 61.8 Å². The minimum Gasteiger partial charge on any atom is -0.466 e. The monoisotopic (exact) mass is 302 g/mol. The van der Waals surface area contributed by atoms with E-state index >= 15 is 0 Å². The van der Waals surface area contributed by atoms with E-state index in [9.17, 15) is 9.59 Å². The van der Waals surface area contributed by atoms with Crippen molar-refractivity contribution in [3.05, 3.63) is 47.5 Å². The van der Waals surface area contributed by atoms with Crippen LogP contribution in [0.3, 0.4) is 0 Å². The number of esters is 2. The van der Waals surface area contributed by atoms with E-state index in [-0.39, 0.29) is 12.2 Å². The summed E-state index contributed by atoms with van der Waals surface area (Å²) in [7, 11) is 2.78. The molecule has 22 heavy (non-hydrogen) atoms. The van der Waals surface area contributed by atoms with Crippen LogP contribution in [0.5, 0.6) is 0 Å². The first-order valence-electron chi connectivity index (χ1n) is 6.52. The third kappa shape index (κ3) is 4.76. The summed E-state index contributed by atoms with van der Waals surface area (Å²) >= 11 is 0. The molecule has 5 nitrogen and oxygen atoms in total. The number of hydrogen-bond donors (Lipinski definition) is 0. The second-order valence-corrected chi connectivity index (χ2v) is 4.33. The molecule has 0 spiro atoms. The van der Waals surface area contributed by atoms with Gasteiger partial charge in [-0.1, -0.05) is 36.6 Å². The van der Waals surface area contributed by atoms with Crippen LogP contribution in [0.1, 0.15) is 24.2 Å². The van der Waals surface area contributed by atoms with Crippen LogP contribution < -0.4 is 0 Å². The minimum absolute atomic E-state index is 0.0266. The Labute approximate surface area is 129 Å². The molecule has 0 bridgehead atoms. The third-order valence-electron chi connectivity index (χ3n) is 2.73. The fourth-order valence-corrected chi connectivity index (χ4v) is 1.77. The van der Waals surface area contributed by atoms with Crippen LogP contribution in [0.2, 0.25) is 0 Å². The van der Waals surface area contributed by atoms with Crippen molar-refractivity contribution in [3.8, 4) is 11.8 Å². The minimum atomic E-state index is -0.946. The van der Waals surface area contributed by atoms with Crippen LogP contribution in [0.15, 0.2) is 36.4 Å². The maximum atomic E-state index is 11.7. The molecule has 1 atom stereocenters. The lowest BCUT2D eigenvalue weighted by Crippen LogP contribution is -2.18. The van der Waals surface area contributed by atoms with E-state index in [4.69, 9.17) is 9.47 Å². The van der Waals surface area contributed by atoms with Gasteiger partial charge in [0.2, 0.25) is 0 Å². The van der Waals surface area contributed by atoms with E-state index in [2.05, 4.69) is 23.2 Å². The summed E-state index contributed by atoms with van der Waals surface area (Å²) in [5.74, 6) is 4.56. The van der Waals surface area contributed by atoms with E-state index in [1.165, 1.54) is 14.0 Å². The summed E-state index contributed by atoms with van der Waals surface area (Å²) in [5.41, 5.74) is 1.21. The number of benzene rings is 1. The summed E-state index contributed by atoms with van der Waals surface area (Å²) in [4.78, 5) is 23.1. The maximum Gasteiger partial charge on any atom is 0.337 e. The molecule has 0 aromatic heterocycles. The summed E-state index contributed by atoms with van der Waals surface area (Å²) in [6, 6.07) is 7.04. The van der Waals surface area contributed by atoms with Gasteiger partial charge >= 0.3 is 11.9 Å². The molecule has 1 aromatic carbocycles. The summed E-state index contributed by atoms with van der Waals surface area (Å²) < 4.78 is 14.8. The Balaban J connectivity index is 3.25. The standard InChI is InChI=1S/C17H18O5/c1-12(17(19)21-4)16(22-13(2)18)15-10-6-5-8-14(15)9-7-11-20-3/h5-6,8,10,16H,1,11H2,2-4H3. The normalized spacial score (nSPS) is 10.9. The Bertz CT molecular complexity index is 621. The number of carbonyl (C=O) groups excluding carboxylic acids is 2. The molecule has 0 amide bonds. The van der Waals surface area contributed by atoms with Gasteiger partial charge in [0.15, 0.2) is 6.10 Å². The van der Waals surface area contributed by atoms with Gasteiger partial charge in [-0.25, -0.2) is 4.79 Å². The second kappa shape index (κ2) is 8.65. The molecule has 0 saturated heterocycles. The number of rotatable bonds is 5. The lowest BCUT2D eigenvalue weighted by atomic mass is 9.97. The molecule has 5 heteroatoms. The van der Waals surface area contributed by atoms with Crippen LogP contribution in [-0.2, 0) is 23.8 Å². The molecule has 0 aliphatic rings. The van der Waals surface area contributed by atoms with Crippen molar-refractivity contribution in [2.75, 3.05) is 20.8 Å². The molecule has 0 aliphatic carbocycles. The Morgan fingerprint density at radius 3 is 2.55 bits per heavy atom. The first kappa shape index (κ1) is 17.5. The SMILES string of the molecule is C=C(C(=O)OC)C(OC(C)=O)c1ccccc1C#CCOC. The van der Waals surface area contributed by atoms with Gasteiger partial charge in [-0.05, 0) is 6.07 Å². The average Bonchev–Trinajstić information content (AvgIpc) is 2.52. The van der Waals surface area contributed by atoms with Crippen LogP contribution in [0.25, 0.3) is 0 Å². The Kier molecular flexibility index (Phi) is 6.87. The molecule has 1 unspecified atom stereocenters. The summed E-state index contributed by atoms with van der Waals surface area (Å²) in [5, 5.41) is 0. The number of ether oxygens (including phenoxy) is 3. The summed E-state index contributed by atoms with van der Waals surface area (Å²) in [6.45, 7) is 5.20. The van der Waals surface area contributed by atoms with E-state index < -0.39 is 18.0 Å². The highest BCUT2D eigenvalue weighted by Crippen LogP contribution is 2.28. The van der Waals surface area contributed by atoms with Crippen LogP contribution in [0.4, 0.5) is 0 Å². The van der Waals surface area contributed by atoms with Gasteiger partial charge in [0.05, 0.1) is 12.7 Å². The molecule has 1 aromatic rings. The van der Waals surface area contributed by atoms with E-state index in [1.54, 1.807) is 31.4 Å². The highest BCUT2D eigenvalue weighted by Gasteiger charge is 2.26. The van der Waals surface area contributed by atoms with E-state index in [1.807, 2.05) is 0 Å². The van der Waals surface area contributed by atoms with Crippen molar-refractivity contribution >= 4 is 11.9 Å². The van der Waals surface area contributed by atoms with Crippen LogP contribution in [0, 0.1) is 11.8 Å². The molecule has 0 radical (unpaired) electrons. The second-order valence-electron chi connectivity index (χ2n) is 4.33. The molecular weight excluding hydrogens is 284 g/mol. The summed E-state index contributed by atoms with van der Waals surface area (Å²) in [6.07, 6.45) is -0.946. The van der Waals surface area contributed by atoms with Gasteiger partial charge in [0.25, 0.3) is 0 Å². The Hall–Kier alpha value is -2.58. The zero-order valence-corrected chi connectivity index (χ0v) is 12.8. The van der Waals surface area contributed by atoms with Crippen LogP contribution in [-0.4, -0.2) is 32.8 Å². The fourth-order valence-electron chi connectivity index (χ4n) is 1.77. The Morgan fingerprint density at radius 1 is 1.27 bits per heavy atom. The predicted molar refractivity (Wildman–Crippen MR) is 80.9 cm³/mol. The van der Waals surface area contributed by atoms with Crippen molar-refractivity contribution < 1.29 is 23.8 Å². The van der Waals surface area contributed by atoms with Crippen molar-refractivity contribution in [3.63, 3.8) is 0 Å². The van der Waals surface area contributed by atoms with E-state index in [0.29, 0.717) is 11.1 Å². The van der Waals surface area contributed by atoms with Gasteiger partial charge in [-0.15, -0.1) is 0 Å². The molecule has 116 valence electrons. The third-order valence-corrected chi connectivity index (χ3v) is 2.73. The van der Waals surface area contributed by atoms with Crippen molar-refractivity contribution in [2.45, 2.75) is 13.0 Å². The molecular formula is C17H18O5. The number of carbonyl (C=O) groups is 2. The first-order chi connectivity index (χ1) is 10.5. The van der Waals surface area contributed by atoms with Crippen LogP contribution >= 0.6 is 0 Å². The molecule has 0 aliphatic heterocycles. The molecule has 0 fully saturated rings. The predicted octanol–water partition coefficient (Wildman–Crippen LogP) is 2.02. The maximum absolute atomic E-state index is 11.7. The van der Waals surface area contributed by atoms with Crippen molar-refractivity contribution in [1.29, 1.82) is 0 Å². The highest BCUT2D eigenvalue weighted by atomic mass is 16.6. The Morgan fingerprint density at radius 2 is 1.95 bits per heavy atom. The average molecular weight is 302 g/mol. The lowest BCUT2D eigenvalue weighted by molar-refractivity contribution is -0.147. The lowest BCUT2D eigenvalue weighted by Gasteiger charge is -2.19. The number of methoxy groups -OCH3 is 2. The van der Waals surface area contributed by atoms with Gasteiger partial charge in [-0.3, -0.25) is 4.79 Å². The quantitative estimate of drug-likeness (QED) is 0.473. The molecule has 0 N–H and O–H groups in total. The molecule has 1 rings (SSSR count). The van der Waals surface area contributed by atoms with Gasteiger partial charge < -0.3 is 14.2 Å². The largest absolute Gasteiger partial charge is 0.466 e. The number of hydrogen-bond acceptors (Lipinski definition) is 5. The van der Waals surface area contributed by atoms with Crippen molar-refractivity contribution in [2.24, 2.45) is 0 Å². The fraction of sp³-hybridized carbons (Fsp3) is 0.294. The molecule has 0 saturated carbocycles. The van der Waals surface area contributed by atoms with Gasteiger partial charge in [0, 0.05) is 25.2 Å². The zero-order chi connectivity index (χ0) is 16.5. The smallest absolute Gasteiger partial charge is 0.337 e. The molecule has 0 heterocycles. The van der Waals surface area contributed by atoms with Crippen molar-refractivity contribution in [1.82, 2.24) is 0 Å².